The summed E-state index contributed by atoms with van der Waals surface area (Å²) in [6.07, 6.45) is 21.0. The minimum absolute atomic E-state index is 0.0492. The number of carbonyl (C=O) groups is 4. The number of benzene rings is 5. The van der Waals surface area contributed by atoms with Crippen LogP contribution < -0.4 is 26.0 Å². The van der Waals surface area contributed by atoms with Crippen LogP contribution in [0.25, 0.3) is 10.8 Å². The van der Waals surface area contributed by atoms with Crippen molar-refractivity contribution in [3.8, 4) is 5.75 Å². The lowest BCUT2D eigenvalue weighted by Crippen LogP contribution is -2.55. The Hall–Kier alpha value is -6.32. The molecule has 0 saturated heterocycles. The molecular formula is C71H102N4O10. The van der Waals surface area contributed by atoms with Gasteiger partial charge in [-0.3, -0.25) is 14.4 Å². The fourth-order valence-electron chi connectivity index (χ4n) is 9.94. The zero-order valence-corrected chi connectivity index (χ0v) is 52.2. The second-order valence-electron chi connectivity index (χ2n) is 23.6. The number of ether oxygens (including phenoxy) is 6. The van der Waals surface area contributed by atoms with Crippen LogP contribution in [-0.2, 0) is 57.3 Å². The van der Waals surface area contributed by atoms with Crippen LogP contribution in [-0.4, -0.2) is 100 Å². The lowest BCUT2D eigenvalue weighted by molar-refractivity contribution is -0.146. The van der Waals surface area contributed by atoms with E-state index in [9.17, 15) is 19.2 Å². The van der Waals surface area contributed by atoms with Crippen molar-refractivity contribution in [2.45, 2.75) is 199 Å². The molecule has 0 aliphatic heterocycles. The highest BCUT2D eigenvalue weighted by atomic mass is 16.7. The second-order valence-corrected chi connectivity index (χ2v) is 23.6. The van der Waals surface area contributed by atoms with Crippen LogP contribution in [0.15, 0.2) is 127 Å². The molecule has 0 aliphatic rings. The number of rotatable bonds is 45. The second kappa shape index (κ2) is 40.1. The van der Waals surface area contributed by atoms with Crippen molar-refractivity contribution in [3.63, 3.8) is 0 Å². The van der Waals surface area contributed by atoms with Gasteiger partial charge in [-0.1, -0.05) is 218 Å². The first-order chi connectivity index (χ1) is 41.2. The average molecular weight is 1170 g/mol. The molecule has 0 spiro atoms. The Balaban J connectivity index is 1.12. The molecule has 0 saturated carbocycles. The average Bonchev–Trinajstić information content (AvgIpc) is 3.70. The molecule has 14 nitrogen and oxygen atoms in total. The van der Waals surface area contributed by atoms with Gasteiger partial charge in [-0.25, -0.2) is 4.79 Å². The normalized spacial score (nSPS) is 12.7. The molecule has 1 unspecified atom stereocenters. The van der Waals surface area contributed by atoms with Crippen LogP contribution in [0.4, 0.5) is 4.79 Å². The summed E-state index contributed by atoms with van der Waals surface area (Å²) in [5.41, 5.74) is 2.57. The van der Waals surface area contributed by atoms with E-state index in [0.29, 0.717) is 37.6 Å². The van der Waals surface area contributed by atoms with Crippen LogP contribution in [0.5, 0.6) is 5.75 Å². The lowest BCUT2D eigenvalue weighted by atomic mass is 10.0. The Bertz CT molecular complexity index is 2630. The van der Waals surface area contributed by atoms with Crippen LogP contribution in [0.3, 0.4) is 0 Å². The number of carbonyl (C=O) groups excluding carboxylic acids is 4. The van der Waals surface area contributed by atoms with Crippen molar-refractivity contribution in [1.29, 1.82) is 0 Å². The molecule has 4 amide bonds. The van der Waals surface area contributed by atoms with E-state index in [-0.39, 0.29) is 57.1 Å². The zero-order valence-electron chi connectivity index (χ0n) is 52.2. The van der Waals surface area contributed by atoms with Gasteiger partial charge in [0, 0.05) is 45.0 Å². The fourth-order valence-corrected chi connectivity index (χ4v) is 9.94. The first kappa shape index (κ1) is 69.5. The smallest absolute Gasteiger partial charge is 0.407 e. The highest BCUT2D eigenvalue weighted by molar-refractivity contribution is 5.93. The monoisotopic (exact) mass is 1170 g/mol. The first-order valence-electron chi connectivity index (χ1n) is 31.7. The minimum atomic E-state index is -0.986. The predicted molar refractivity (Wildman–Crippen MR) is 341 cm³/mol. The van der Waals surface area contributed by atoms with Gasteiger partial charge in [0.2, 0.25) is 17.7 Å². The van der Waals surface area contributed by atoms with E-state index in [2.05, 4.69) is 42.0 Å². The van der Waals surface area contributed by atoms with Crippen molar-refractivity contribution < 1.29 is 47.6 Å². The summed E-state index contributed by atoms with van der Waals surface area (Å²) in [7, 11) is 1.71. The third-order valence-corrected chi connectivity index (χ3v) is 15.4. The Labute approximate surface area is 509 Å². The van der Waals surface area contributed by atoms with Gasteiger partial charge < -0.3 is 49.7 Å². The molecule has 3 atom stereocenters. The SMILES string of the molecule is CCCCCCCCCCCCCCCCCCOC(=O)NCCOC(OCCNC(=O)[C@H](Cc1ccccc1)NC(=O)[C@H](Cc1ccccc1)NC(=O)Cc1ccc2ccccc2c1)c1ccc(OCCC(C)(C)OCCC(C)(C)OC)cc1. The van der Waals surface area contributed by atoms with Crippen molar-refractivity contribution >= 4 is 34.6 Å². The van der Waals surface area contributed by atoms with Crippen LogP contribution in [0, 0.1) is 0 Å². The van der Waals surface area contributed by atoms with E-state index in [1.807, 2.05) is 141 Å². The third kappa shape index (κ3) is 29.6. The summed E-state index contributed by atoms with van der Waals surface area (Å²) < 4.78 is 35.9. The molecule has 5 rings (SSSR count). The van der Waals surface area contributed by atoms with Crippen LogP contribution in [0.1, 0.15) is 179 Å². The standard InChI is InChI=1S/C71H102N4O10/c1-7-8-9-10-11-12-13-14-15-16-17-18-19-20-21-30-47-84-69(79)73-46-51-83-68(60-39-41-62(42-40-60)81-48-43-71(4,5)85-49-44-70(2,3)80-6)82-50-45-72-66(77)63(53-56-31-24-22-25-32-56)75-67(78)64(54-57-33-26-23-27-34-57)74-65(76)55-58-37-38-59-35-28-29-36-61(59)52-58/h22-29,31-42,52,63-64,68H,7-21,30,43-51,53-55H2,1-6H3,(H,72,77)(H,73,79)(H,74,76)(H,75,78)/t63-,64-,68?/m0/s1. The summed E-state index contributed by atoms with van der Waals surface area (Å²) in [6, 6.07) is 38.3. The molecule has 466 valence electrons. The molecule has 14 heteroatoms. The van der Waals surface area contributed by atoms with Gasteiger partial charge in [0.05, 0.1) is 50.7 Å². The molecule has 0 radical (unpaired) electrons. The predicted octanol–water partition coefficient (Wildman–Crippen LogP) is 14.1. The molecule has 0 bridgehead atoms. The maximum absolute atomic E-state index is 14.3. The highest BCUT2D eigenvalue weighted by Gasteiger charge is 2.28. The number of hydrogen-bond donors (Lipinski definition) is 4. The number of fused-ring (bicyclic) bond motifs is 1. The van der Waals surface area contributed by atoms with Crippen molar-refractivity contribution in [2.75, 3.05) is 53.2 Å². The highest BCUT2D eigenvalue weighted by Crippen LogP contribution is 2.25. The van der Waals surface area contributed by atoms with Crippen molar-refractivity contribution in [2.24, 2.45) is 0 Å². The first-order valence-corrected chi connectivity index (χ1v) is 31.7. The van der Waals surface area contributed by atoms with Gasteiger partial charge in [-0.15, -0.1) is 0 Å². The van der Waals surface area contributed by atoms with E-state index < -0.39 is 41.9 Å². The van der Waals surface area contributed by atoms with Gasteiger partial charge in [-0.05, 0) is 80.1 Å². The van der Waals surface area contributed by atoms with Gasteiger partial charge >= 0.3 is 6.09 Å². The van der Waals surface area contributed by atoms with Gasteiger partial charge in [0.15, 0.2) is 6.29 Å². The number of methoxy groups -OCH3 is 1. The summed E-state index contributed by atoms with van der Waals surface area (Å²) in [4.78, 5) is 54.8. The van der Waals surface area contributed by atoms with Crippen molar-refractivity contribution in [1.82, 2.24) is 21.3 Å². The van der Waals surface area contributed by atoms with Crippen LogP contribution in [0.2, 0.25) is 0 Å². The molecular weight excluding hydrogens is 1070 g/mol. The molecule has 0 heterocycles. The summed E-state index contributed by atoms with van der Waals surface area (Å²) >= 11 is 0. The topological polar surface area (TPSA) is 172 Å². The van der Waals surface area contributed by atoms with E-state index >= 15 is 0 Å². The van der Waals surface area contributed by atoms with Crippen LogP contribution >= 0.6 is 0 Å². The van der Waals surface area contributed by atoms with Crippen molar-refractivity contribution in [3.05, 3.63) is 150 Å². The Kier molecular flexibility index (Phi) is 32.8. The third-order valence-electron chi connectivity index (χ3n) is 15.4. The summed E-state index contributed by atoms with van der Waals surface area (Å²) in [6.45, 7) is 12.3. The minimum Gasteiger partial charge on any atom is -0.493 e. The molecule has 4 N–H and O–H groups in total. The molecule has 0 fully saturated rings. The maximum atomic E-state index is 14.3. The number of unbranched alkanes of at least 4 members (excludes halogenated alkanes) is 15. The summed E-state index contributed by atoms with van der Waals surface area (Å²) in [5, 5.41) is 13.8. The van der Waals surface area contributed by atoms with Gasteiger partial charge in [0.1, 0.15) is 17.8 Å². The van der Waals surface area contributed by atoms with Gasteiger partial charge in [-0.2, -0.15) is 0 Å². The van der Waals surface area contributed by atoms with Gasteiger partial charge in [0.25, 0.3) is 0 Å². The van der Waals surface area contributed by atoms with E-state index in [0.717, 1.165) is 53.1 Å². The Morgan fingerprint density at radius 2 is 1.00 bits per heavy atom. The van der Waals surface area contributed by atoms with E-state index in [1.165, 1.54) is 83.5 Å². The Morgan fingerprint density at radius 3 is 1.58 bits per heavy atom. The molecule has 85 heavy (non-hydrogen) atoms. The molecule has 5 aromatic carbocycles. The molecule has 0 aromatic heterocycles. The molecule has 0 aliphatic carbocycles. The maximum Gasteiger partial charge on any atom is 0.407 e. The zero-order chi connectivity index (χ0) is 60.8. The number of amides is 4. The molecule has 5 aromatic rings. The van der Waals surface area contributed by atoms with E-state index in [1.54, 1.807) is 7.11 Å². The number of alkyl carbamates (subject to hydrolysis) is 1. The lowest BCUT2D eigenvalue weighted by Gasteiger charge is -2.28. The quantitative estimate of drug-likeness (QED) is 0.0217. The number of hydrogen-bond acceptors (Lipinski definition) is 10. The Morgan fingerprint density at radius 1 is 0.482 bits per heavy atom. The number of nitrogens with one attached hydrogen (secondary N) is 4. The largest absolute Gasteiger partial charge is 0.493 e. The van der Waals surface area contributed by atoms with E-state index in [4.69, 9.17) is 28.4 Å². The summed E-state index contributed by atoms with van der Waals surface area (Å²) in [5.74, 6) is -0.551. The fraction of sp³-hybridized carbons (Fsp3) is 0.549.